The predicted octanol–water partition coefficient (Wildman–Crippen LogP) is 3.66. The van der Waals surface area contributed by atoms with Crippen molar-refractivity contribution >= 4 is 17.4 Å². The lowest BCUT2D eigenvalue weighted by Gasteiger charge is -2.17. The largest absolute Gasteiger partial charge is 0.380 e. The fraction of sp³-hybridized carbons (Fsp3) is 0.714. The minimum atomic E-state index is -0.112. The van der Waals surface area contributed by atoms with Gasteiger partial charge >= 0.3 is 0 Å². The summed E-state index contributed by atoms with van der Waals surface area (Å²) in [5.41, 5.74) is -0.112. The molecule has 0 fully saturated rings. The summed E-state index contributed by atoms with van der Waals surface area (Å²) in [4.78, 5) is 8.73. The third-order valence-corrected chi connectivity index (χ3v) is 2.75. The Bertz CT molecular complexity index is 391. The van der Waals surface area contributed by atoms with E-state index in [2.05, 4.69) is 43.0 Å². The summed E-state index contributed by atoms with van der Waals surface area (Å²) in [5.74, 6) is 1.50. The highest BCUT2D eigenvalue weighted by Gasteiger charge is 2.18. The topological polar surface area (TPSA) is 47.0 Å². The molecular weight excluding hydrogens is 262 g/mol. The maximum atomic E-state index is 6.02. The molecule has 4 nitrogen and oxygen atoms in total. The van der Waals surface area contributed by atoms with Crippen LogP contribution in [0.2, 0.25) is 5.15 Å². The second kappa shape index (κ2) is 7.65. The molecule has 1 heterocycles. The van der Waals surface area contributed by atoms with Gasteiger partial charge in [-0.3, -0.25) is 0 Å². The monoisotopic (exact) mass is 285 g/mol. The quantitative estimate of drug-likeness (QED) is 0.613. The van der Waals surface area contributed by atoms with Gasteiger partial charge in [-0.05, 0) is 6.42 Å². The van der Waals surface area contributed by atoms with Crippen LogP contribution >= 0.6 is 11.6 Å². The Morgan fingerprint density at radius 1 is 1.26 bits per heavy atom. The summed E-state index contributed by atoms with van der Waals surface area (Å²) in [5, 5.41) is 3.68. The molecule has 5 heteroatoms. The molecule has 0 aromatic carbocycles. The number of unbranched alkanes of at least 4 members (excludes halogenated alkanes) is 1. The van der Waals surface area contributed by atoms with Crippen LogP contribution < -0.4 is 5.32 Å². The summed E-state index contributed by atoms with van der Waals surface area (Å²) < 4.78 is 5.48. The fourth-order valence-corrected chi connectivity index (χ4v) is 1.63. The molecule has 0 aliphatic rings. The van der Waals surface area contributed by atoms with Crippen LogP contribution in [0, 0.1) is 0 Å². The number of nitrogens with one attached hydrogen (secondary N) is 1. The van der Waals surface area contributed by atoms with E-state index in [0.29, 0.717) is 11.8 Å². The van der Waals surface area contributed by atoms with Gasteiger partial charge in [0.2, 0.25) is 0 Å². The summed E-state index contributed by atoms with van der Waals surface area (Å²) in [6.07, 6.45) is 2.26. The average Bonchev–Trinajstić information content (AvgIpc) is 2.32. The van der Waals surface area contributed by atoms with Crippen molar-refractivity contribution in [3.63, 3.8) is 0 Å². The van der Waals surface area contributed by atoms with Gasteiger partial charge in [0, 0.05) is 24.6 Å². The molecule has 19 heavy (non-hydrogen) atoms. The Morgan fingerprint density at radius 2 is 2.00 bits per heavy atom. The Balaban J connectivity index is 2.48. The van der Waals surface area contributed by atoms with Crippen LogP contribution in [0.25, 0.3) is 0 Å². The van der Waals surface area contributed by atoms with E-state index in [0.717, 1.165) is 37.6 Å². The molecule has 0 radical (unpaired) electrons. The summed E-state index contributed by atoms with van der Waals surface area (Å²) in [6.45, 7) is 10.6. The van der Waals surface area contributed by atoms with Crippen LogP contribution in [0.1, 0.15) is 46.4 Å². The van der Waals surface area contributed by atoms with Gasteiger partial charge in [0.25, 0.3) is 0 Å². The second-order valence-corrected chi connectivity index (χ2v) is 5.93. The van der Waals surface area contributed by atoms with E-state index in [4.69, 9.17) is 16.3 Å². The molecule has 0 aliphatic carbocycles. The van der Waals surface area contributed by atoms with Crippen molar-refractivity contribution < 1.29 is 4.74 Å². The molecular formula is C14H24ClN3O. The van der Waals surface area contributed by atoms with Crippen molar-refractivity contribution in [1.29, 1.82) is 0 Å². The molecule has 1 rings (SSSR count). The third-order valence-electron chi connectivity index (χ3n) is 2.56. The van der Waals surface area contributed by atoms with E-state index >= 15 is 0 Å². The summed E-state index contributed by atoms with van der Waals surface area (Å²) in [6, 6.07) is 1.74. The Morgan fingerprint density at radius 3 is 2.63 bits per heavy atom. The molecule has 0 amide bonds. The van der Waals surface area contributed by atoms with Crippen molar-refractivity contribution in [2.75, 3.05) is 25.1 Å². The smallest absolute Gasteiger partial charge is 0.137 e. The van der Waals surface area contributed by atoms with E-state index in [1.165, 1.54) is 0 Å². The third kappa shape index (κ3) is 6.21. The summed E-state index contributed by atoms with van der Waals surface area (Å²) >= 11 is 6.02. The highest BCUT2D eigenvalue weighted by Crippen LogP contribution is 2.22. The standard InChI is InChI=1S/C14H24ClN3O/c1-5-6-8-19-9-7-16-12-10-11(15)17-13(18-12)14(2,3)4/h10H,5-9H2,1-4H3,(H,16,17,18). The Labute approximate surface area is 120 Å². The average molecular weight is 286 g/mol. The second-order valence-electron chi connectivity index (χ2n) is 5.54. The van der Waals surface area contributed by atoms with Crippen LogP contribution in [-0.2, 0) is 10.2 Å². The van der Waals surface area contributed by atoms with Crippen LogP contribution in [0.3, 0.4) is 0 Å². The molecule has 0 unspecified atom stereocenters. The zero-order valence-corrected chi connectivity index (χ0v) is 13.0. The van der Waals surface area contributed by atoms with Crippen LogP contribution in [0.4, 0.5) is 5.82 Å². The van der Waals surface area contributed by atoms with E-state index in [-0.39, 0.29) is 5.41 Å². The maximum absolute atomic E-state index is 6.02. The predicted molar refractivity (Wildman–Crippen MR) is 80.0 cm³/mol. The van der Waals surface area contributed by atoms with Gasteiger partial charge in [-0.1, -0.05) is 45.7 Å². The van der Waals surface area contributed by atoms with Gasteiger partial charge in [-0.2, -0.15) is 0 Å². The van der Waals surface area contributed by atoms with Crippen LogP contribution in [-0.4, -0.2) is 29.7 Å². The molecule has 0 aliphatic heterocycles. The molecule has 1 aromatic heterocycles. The highest BCUT2D eigenvalue weighted by molar-refractivity contribution is 6.29. The van der Waals surface area contributed by atoms with Crippen molar-refractivity contribution in [1.82, 2.24) is 9.97 Å². The van der Waals surface area contributed by atoms with Crippen LogP contribution in [0.5, 0.6) is 0 Å². The number of aromatic nitrogens is 2. The van der Waals surface area contributed by atoms with Crippen molar-refractivity contribution in [3.05, 3.63) is 17.0 Å². The first kappa shape index (κ1) is 16.2. The fourth-order valence-electron chi connectivity index (χ4n) is 1.44. The van der Waals surface area contributed by atoms with Gasteiger partial charge < -0.3 is 10.1 Å². The van der Waals surface area contributed by atoms with Gasteiger partial charge in [0.05, 0.1) is 6.61 Å². The lowest BCUT2D eigenvalue weighted by molar-refractivity contribution is 0.141. The molecule has 0 saturated heterocycles. The number of rotatable bonds is 7. The Hall–Kier alpha value is -0.870. The number of anilines is 1. The number of halogens is 1. The van der Waals surface area contributed by atoms with Gasteiger partial charge in [-0.25, -0.2) is 9.97 Å². The zero-order valence-electron chi connectivity index (χ0n) is 12.3. The van der Waals surface area contributed by atoms with E-state index < -0.39 is 0 Å². The Kier molecular flexibility index (Phi) is 6.52. The summed E-state index contributed by atoms with van der Waals surface area (Å²) in [7, 11) is 0. The van der Waals surface area contributed by atoms with E-state index in [1.54, 1.807) is 6.07 Å². The first-order valence-corrected chi connectivity index (χ1v) is 7.18. The minimum Gasteiger partial charge on any atom is -0.380 e. The van der Waals surface area contributed by atoms with Crippen molar-refractivity contribution in [3.8, 4) is 0 Å². The molecule has 1 aromatic rings. The first-order valence-electron chi connectivity index (χ1n) is 6.80. The zero-order chi connectivity index (χ0) is 14.3. The van der Waals surface area contributed by atoms with Crippen molar-refractivity contribution in [2.45, 2.75) is 46.0 Å². The SMILES string of the molecule is CCCCOCCNc1cc(Cl)nc(C(C)(C)C)n1. The number of nitrogens with zero attached hydrogens (tertiary/aromatic N) is 2. The maximum Gasteiger partial charge on any atom is 0.137 e. The van der Waals surface area contributed by atoms with Gasteiger partial charge in [0.1, 0.15) is 16.8 Å². The number of hydrogen-bond donors (Lipinski definition) is 1. The number of hydrogen-bond acceptors (Lipinski definition) is 4. The first-order chi connectivity index (χ1) is 8.93. The molecule has 0 spiro atoms. The molecule has 0 atom stereocenters. The molecule has 1 N–H and O–H groups in total. The highest BCUT2D eigenvalue weighted by atomic mass is 35.5. The van der Waals surface area contributed by atoms with E-state index in [1.807, 2.05) is 0 Å². The molecule has 108 valence electrons. The lowest BCUT2D eigenvalue weighted by atomic mass is 9.96. The van der Waals surface area contributed by atoms with Crippen molar-refractivity contribution in [2.24, 2.45) is 0 Å². The normalized spacial score (nSPS) is 11.6. The molecule has 0 saturated carbocycles. The number of ether oxygens (including phenoxy) is 1. The molecule has 0 bridgehead atoms. The lowest BCUT2D eigenvalue weighted by Crippen LogP contribution is -2.18. The van der Waals surface area contributed by atoms with Gasteiger partial charge in [0.15, 0.2) is 0 Å². The van der Waals surface area contributed by atoms with E-state index in [9.17, 15) is 0 Å². The minimum absolute atomic E-state index is 0.112. The van der Waals surface area contributed by atoms with Crippen LogP contribution in [0.15, 0.2) is 6.07 Å². The van der Waals surface area contributed by atoms with Gasteiger partial charge in [-0.15, -0.1) is 0 Å².